The maximum Gasteiger partial charge on any atom is 0.308 e. The van der Waals surface area contributed by atoms with Crippen molar-refractivity contribution < 1.29 is 4.92 Å². The first-order valence-electron chi connectivity index (χ1n) is 4.97. The molecule has 0 amide bonds. The lowest BCUT2D eigenvalue weighted by atomic mass is 10.1. The van der Waals surface area contributed by atoms with Crippen molar-refractivity contribution in [2.24, 2.45) is 0 Å². The Hall–Kier alpha value is -1.88. The number of nitrogens with zero attached hydrogens (tertiary/aromatic N) is 2. The summed E-state index contributed by atoms with van der Waals surface area (Å²) >= 11 is 1.35. The molecule has 2 rings (SSSR count). The average molecular weight is 246 g/mol. The van der Waals surface area contributed by atoms with Crippen molar-refractivity contribution >= 4 is 17.4 Å². The molecule has 0 aliphatic heterocycles. The second-order valence-corrected chi connectivity index (χ2v) is 4.18. The molecular weight excluding hydrogens is 236 g/mol. The molecule has 0 fully saturated rings. The summed E-state index contributed by atoms with van der Waals surface area (Å²) in [7, 11) is 0. The molecule has 0 spiro atoms. The number of hydrogen-bond donors (Lipinski definition) is 0. The van der Waals surface area contributed by atoms with E-state index in [0.717, 1.165) is 5.56 Å². The second-order valence-electron chi connectivity index (χ2n) is 3.33. The van der Waals surface area contributed by atoms with E-state index in [-0.39, 0.29) is 10.6 Å². The van der Waals surface area contributed by atoms with E-state index in [9.17, 15) is 10.1 Å². The zero-order valence-corrected chi connectivity index (χ0v) is 9.98. The standard InChI is InChI=1S/C12H10N2O2S/c1-17-10-7-8-13-11(12(10)14(15)16)9-5-3-2-4-6-9/h2-8H,1H3. The van der Waals surface area contributed by atoms with Crippen molar-refractivity contribution in [3.63, 3.8) is 0 Å². The number of nitro groups is 1. The Kier molecular flexibility index (Phi) is 3.39. The van der Waals surface area contributed by atoms with Crippen LogP contribution in [0.1, 0.15) is 0 Å². The van der Waals surface area contributed by atoms with E-state index in [1.807, 2.05) is 36.6 Å². The van der Waals surface area contributed by atoms with E-state index in [0.29, 0.717) is 10.6 Å². The monoisotopic (exact) mass is 246 g/mol. The number of pyridine rings is 1. The molecule has 0 N–H and O–H groups in total. The second kappa shape index (κ2) is 4.97. The van der Waals surface area contributed by atoms with E-state index in [1.54, 1.807) is 12.3 Å². The van der Waals surface area contributed by atoms with Gasteiger partial charge in [-0.2, -0.15) is 0 Å². The van der Waals surface area contributed by atoms with Gasteiger partial charge in [0.05, 0.1) is 9.82 Å². The summed E-state index contributed by atoms with van der Waals surface area (Å²) < 4.78 is 0. The number of thioether (sulfide) groups is 1. The highest BCUT2D eigenvalue weighted by Crippen LogP contribution is 2.35. The van der Waals surface area contributed by atoms with Gasteiger partial charge < -0.3 is 0 Å². The van der Waals surface area contributed by atoms with Gasteiger partial charge in [0.25, 0.3) is 0 Å². The number of aromatic nitrogens is 1. The molecule has 1 aromatic carbocycles. The molecule has 0 saturated heterocycles. The van der Waals surface area contributed by atoms with Gasteiger partial charge in [0, 0.05) is 11.8 Å². The largest absolute Gasteiger partial charge is 0.308 e. The minimum Gasteiger partial charge on any atom is -0.258 e. The van der Waals surface area contributed by atoms with Gasteiger partial charge in [-0.05, 0) is 12.3 Å². The topological polar surface area (TPSA) is 56.0 Å². The molecule has 1 heterocycles. The lowest BCUT2D eigenvalue weighted by molar-refractivity contribution is -0.387. The van der Waals surface area contributed by atoms with Crippen LogP contribution in [0.25, 0.3) is 11.3 Å². The van der Waals surface area contributed by atoms with Gasteiger partial charge in [-0.25, -0.2) is 4.98 Å². The van der Waals surface area contributed by atoms with Crippen LogP contribution in [0.15, 0.2) is 47.5 Å². The summed E-state index contributed by atoms with van der Waals surface area (Å²) in [5.41, 5.74) is 1.25. The minimum atomic E-state index is -0.374. The van der Waals surface area contributed by atoms with E-state index in [1.165, 1.54) is 11.8 Å². The van der Waals surface area contributed by atoms with Crippen LogP contribution < -0.4 is 0 Å². The van der Waals surface area contributed by atoms with Crippen LogP contribution in [-0.4, -0.2) is 16.2 Å². The van der Waals surface area contributed by atoms with Crippen molar-refractivity contribution in [2.75, 3.05) is 6.26 Å². The molecular formula is C12H10N2O2S. The van der Waals surface area contributed by atoms with Crippen LogP contribution in [0, 0.1) is 10.1 Å². The van der Waals surface area contributed by atoms with E-state index >= 15 is 0 Å². The van der Waals surface area contributed by atoms with Gasteiger partial charge >= 0.3 is 5.69 Å². The molecule has 86 valence electrons. The van der Waals surface area contributed by atoms with Crippen LogP contribution >= 0.6 is 11.8 Å². The van der Waals surface area contributed by atoms with E-state index < -0.39 is 0 Å². The molecule has 0 aliphatic carbocycles. The Bertz CT molecular complexity index is 543. The minimum absolute atomic E-state index is 0.0752. The molecule has 0 bridgehead atoms. The highest BCUT2D eigenvalue weighted by atomic mass is 32.2. The summed E-state index contributed by atoms with van der Waals surface area (Å²) in [5, 5.41) is 11.1. The van der Waals surface area contributed by atoms with Gasteiger partial charge in [-0.15, -0.1) is 11.8 Å². The normalized spacial score (nSPS) is 10.2. The Morgan fingerprint density at radius 3 is 2.53 bits per heavy atom. The van der Waals surface area contributed by atoms with Gasteiger partial charge in [0.1, 0.15) is 5.69 Å². The quantitative estimate of drug-likeness (QED) is 0.473. The zero-order valence-electron chi connectivity index (χ0n) is 9.16. The van der Waals surface area contributed by atoms with Crippen molar-refractivity contribution in [1.82, 2.24) is 4.98 Å². The maximum atomic E-state index is 11.1. The molecule has 0 aliphatic rings. The Labute approximate surface area is 103 Å². The van der Waals surface area contributed by atoms with Crippen LogP contribution in [0.5, 0.6) is 0 Å². The molecule has 1 aromatic heterocycles. The van der Waals surface area contributed by atoms with Gasteiger partial charge in [0.15, 0.2) is 0 Å². The fourth-order valence-electron chi connectivity index (χ4n) is 1.58. The van der Waals surface area contributed by atoms with Gasteiger partial charge in [0.2, 0.25) is 0 Å². The Morgan fingerprint density at radius 1 is 1.24 bits per heavy atom. The Balaban J connectivity index is 2.66. The molecule has 17 heavy (non-hydrogen) atoms. The first kappa shape index (κ1) is 11.6. The predicted molar refractivity (Wildman–Crippen MR) is 68.1 cm³/mol. The van der Waals surface area contributed by atoms with Gasteiger partial charge in [-0.1, -0.05) is 30.3 Å². The molecule has 0 unspecified atom stereocenters. The fraction of sp³-hybridized carbons (Fsp3) is 0.0833. The van der Waals surface area contributed by atoms with E-state index in [2.05, 4.69) is 4.98 Å². The highest BCUT2D eigenvalue weighted by Gasteiger charge is 2.21. The van der Waals surface area contributed by atoms with Crippen LogP contribution in [-0.2, 0) is 0 Å². The van der Waals surface area contributed by atoms with Crippen LogP contribution in [0.4, 0.5) is 5.69 Å². The van der Waals surface area contributed by atoms with Crippen molar-refractivity contribution in [2.45, 2.75) is 4.90 Å². The molecule has 4 nitrogen and oxygen atoms in total. The predicted octanol–water partition coefficient (Wildman–Crippen LogP) is 3.38. The third-order valence-electron chi connectivity index (χ3n) is 2.34. The summed E-state index contributed by atoms with van der Waals surface area (Å²) in [4.78, 5) is 15.5. The van der Waals surface area contributed by atoms with Gasteiger partial charge in [-0.3, -0.25) is 10.1 Å². The molecule has 0 saturated carbocycles. The summed E-state index contributed by atoms with van der Waals surface area (Å²) in [6.07, 6.45) is 3.41. The number of benzene rings is 1. The molecule has 5 heteroatoms. The molecule has 0 atom stereocenters. The van der Waals surface area contributed by atoms with Crippen molar-refractivity contribution in [1.29, 1.82) is 0 Å². The smallest absolute Gasteiger partial charge is 0.258 e. The summed E-state index contributed by atoms with van der Waals surface area (Å²) in [6, 6.07) is 10.8. The molecule has 0 radical (unpaired) electrons. The third-order valence-corrected chi connectivity index (χ3v) is 3.11. The number of rotatable bonds is 3. The zero-order chi connectivity index (χ0) is 12.3. The van der Waals surface area contributed by atoms with Crippen molar-refractivity contribution in [3.05, 3.63) is 52.7 Å². The van der Waals surface area contributed by atoms with E-state index in [4.69, 9.17) is 0 Å². The van der Waals surface area contributed by atoms with Crippen LogP contribution in [0.2, 0.25) is 0 Å². The fourth-order valence-corrected chi connectivity index (χ4v) is 2.15. The lowest BCUT2D eigenvalue weighted by Crippen LogP contribution is -1.96. The highest BCUT2D eigenvalue weighted by molar-refractivity contribution is 7.98. The first-order valence-corrected chi connectivity index (χ1v) is 6.19. The maximum absolute atomic E-state index is 11.1. The summed E-state index contributed by atoms with van der Waals surface area (Å²) in [5.74, 6) is 0. The number of hydrogen-bond acceptors (Lipinski definition) is 4. The van der Waals surface area contributed by atoms with Crippen molar-refractivity contribution in [3.8, 4) is 11.3 Å². The third kappa shape index (κ3) is 2.29. The van der Waals surface area contributed by atoms with Crippen LogP contribution in [0.3, 0.4) is 0 Å². The molecule has 2 aromatic rings. The SMILES string of the molecule is CSc1ccnc(-c2ccccc2)c1[N+](=O)[O-]. The Morgan fingerprint density at radius 2 is 1.94 bits per heavy atom. The lowest BCUT2D eigenvalue weighted by Gasteiger charge is -2.05. The first-order chi connectivity index (χ1) is 8.24. The summed E-state index contributed by atoms with van der Waals surface area (Å²) in [6.45, 7) is 0. The average Bonchev–Trinajstić information content (AvgIpc) is 2.38.